The lowest BCUT2D eigenvalue weighted by molar-refractivity contribution is -0.140. The maximum atomic E-state index is 11.7. The molecular formula is C13H18N2O4. The third-order valence-electron chi connectivity index (χ3n) is 2.70. The first-order chi connectivity index (χ1) is 8.93. The zero-order valence-corrected chi connectivity index (χ0v) is 11.2. The number of aliphatic carboxylic acids is 1. The monoisotopic (exact) mass is 266 g/mol. The molecule has 1 rings (SSSR count). The summed E-state index contributed by atoms with van der Waals surface area (Å²) in [4.78, 5) is 22.5. The van der Waals surface area contributed by atoms with Crippen molar-refractivity contribution in [1.82, 2.24) is 5.32 Å². The highest BCUT2D eigenvalue weighted by Crippen LogP contribution is 2.13. The number of amides is 2. The van der Waals surface area contributed by atoms with Crippen LogP contribution in [0.25, 0.3) is 0 Å². The summed E-state index contributed by atoms with van der Waals surface area (Å²) in [5.74, 6) is -1.14. The average Bonchev–Trinajstić information content (AvgIpc) is 2.33. The predicted octanol–water partition coefficient (Wildman–Crippen LogP) is 1.52. The van der Waals surface area contributed by atoms with Crippen LogP contribution < -0.4 is 10.6 Å². The van der Waals surface area contributed by atoms with E-state index < -0.39 is 18.0 Å². The third kappa shape index (κ3) is 4.59. The van der Waals surface area contributed by atoms with Crippen molar-refractivity contribution in [3.63, 3.8) is 0 Å². The molecule has 6 heteroatoms. The van der Waals surface area contributed by atoms with Crippen molar-refractivity contribution >= 4 is 17.7 Å². The molecule has 0 fully saturated rings. The maximum absolute atomic E-state index is 11.7. The second-order valence-corrected chi connectivity index (χ2v) is 4.24. The first-order valence-corrected chi connectivity index (χ1v) is 5.80. The van der Waals surface area contributed by atoms with Crippen LogP contribution in [0.4, 0.5) is 10.5 Å². The minimum Gasteiger partial charge on any atom is -0.480 e. The molecule has 19 heavy (non-hydrogen) atoms. The number of rotatable bonds is 5. The normalized spacial score (nSPS) is 11.7. The van der Waals surface area contributed by atoms with Crippen LogP contribution in [0, 0.1) is 13.8 Å². The molecule has 0 radical (unpaired) electrons. The Morgan fingerprint density at radius 1 is 1.32 bits per heavy atom. The summed E-state index contributed by atoms with van der Waals surface area (Å²) in [6.45, 7) is 3.82. The Kier molecular flexibility index (Phi) is 5.32. The SMILES string of the molecule is COCC(NC(=O)Nc1ccc(C)c(C)c1)C(=O)O. The number of carbonyl (C=O) groups excluding carboxylic acids is 1. The Morgan fingerprint density at radius 3 is 2.53 bits per heavy atom. The van der Waals surface area contributed by atoms with Gasteiger partial charge in [0.1, 0.15) is 0 Å². The highest BCUT2D eigenvalue weighted by atomic mass is 16.5. The third-order valence-corrected chi connectivity index (χ3v) is 2.70. The molecule has 1 aromatic rings. The van der Waals surface area contributed by atoms with Crippen LogP contribution >= 0.6 is 0 Å². The number of carbonyl (C=O) groups is 2. The molecule has 0 aliphatic rings. The number of hydrogen-bond donors (Lipinski definition) is 3. The Labute approximate surface area is 111 Å². The maximum Gasteiger partial charge on any atom is 0.328 e. The van der Waals surface area contributed by atoms with Gasteiger partial charge in [-0.3, -0.25) is 0 Å². The largest absolute Gasteiger partial charge is 0.480 e. The van der Waals surface area contributed by atoms with Gasteiger partial charge in [0.25, 0.3) is 0 Å². The number of hydrogen-bond acceptors (Lipinski definition) is 3. The van der Waals surface area contributed by atoms with Gasteiger partial charge in [-0.2, -0.15) is 0 Å². The van der Waals surface area contributed by atoms with Crippen molar-refractivity contribution in [3.8, 4) is 0 Å². The van der Waals surface area contributed by atoms with Gasteiger partial charge in [0.05, 0.1) is 6.61 Å². The smallest absolute Gasteiger partial charge is 0.328 e. The number of ether oxygens (including phenoxy) is 1. The van der Waals surface area contributed by atoms with E-state index in [1.54, 1.807) is 6.07 Å². The van der Waals surface area contributed by atoms with Gasteiger partial charge in [0.2, 0.25) is 0 Å². The first-order valence-electron chi connectivity index (χ1n) is 5.80. The van der Waals surface area contributed by atoms with E-state index in [-0.39, 0.29) is 6.61 Å². The fraction of sp³-hybridized carbons (Fsp3) is 0.385. The van der Waals surface area contributed by atoms with Crippen molar-refractivity contribution in [2.45, 2.75) is 19.9 Å². The second kappa shape index (κ2) is 6.75. The number of methoxy groups -OCH3 is 1. The van der Waals surface area contributed by atoms with Crippen molar-refractivity contribution in [2.75, 3.05) is 19.0 Å². The molecule has 0 spiro atoms. The summed E-state index contributed by atoms with van der Waals surface area (Å²) < 4.78 is 4.73. The van der Waals surface area contributed by atoms with E-state index in [0.717, 1.165) is 11.1 Å². The Morgan fingerprint density at radius 2 is 2.00 bits per heavy atom. The number of carboxylic acid groups (broad SMARTS) is 1. The van der Waals surface area contributed by atoms with Crippen molar-refractivity contribution in [2.24, 2.45) is 0 Å². The molecule has 0 saturated heterocycles. The summed E-state index contributed by atoms with van der Waals surface area (Å²) >= 11 is 0. The van der Waals surface area contributed by atoms with Crippen molar-refractivity contribution < 1.29 is 19.4 Å². The van der Waals surface area contributed by atoms with Crippen LogP contribution in [-0.4, -0.2) is 36.9 Å². The van der Waals surface area contributed by atoms with E-state index in [4.69, 9.17) is 9.84 Å². The highest BCUT2D eigenvalue weighted by Gasteiger charge is 2.19. The number of urea groups is 1. The van der Waals surface area contributed by atoms with Gasteiger partial charge >= 0.3 is 12.0 Å². The quantitative estimate of drug-likeness (QED) is 0.754. The molecular weight excluding hydrogens is 248 g/mol. The van der Waals surface area contributed by atoms with Crippen LogP contribution in [0.2, 0.25) is 0 Å². The zero-order valence-electron chi connectivity index (χ0n) is 11.2. The fourth-order valence-electron chi connectivity index (χ4n) is 1.49. The van der Waals surface area contributed by atoms with Crippen LogP contribution in [-0.2, 0) is 9.53 Å². The molecule has 0 saturated carbocycles. The zero-order chi connectivity index (χ0) is 14.4. The molecule has 0 aromatic heterocycles. The summed E-state index contributed by atoms with van der Waals surface area (Å²) in [6, 6.07) is 3.81. The number of nitrogens with one attached hydrogen (secondary N) is 2. The molecule has 1 unspecified atom stereocenters. The van der Waals surface area contributed by atoms with Gasteiger partial charge in [-0.05, 0) is 37.1 Å². The van der Waals surface area contributed by atoms with E-state index >= 15 is 0 Å². The van der Waals surface area contributed by atoms with E-state index in [0.29, 0.717) is 5.69 Å². The van der Waals surface area contributed by atoms with Gasteiger partial charge in [0.15, 0.2) is 6.04 Å². The molecule has 0 aliphatic heterocycles. The lowest BCUT2D eigenvalue weighted by atomic mass is 10.1. The number of aryl methyl sites for hydroxylation is 2. The molecule has 0 aliphatic carbocycles. The van der Waals surface area contributed by atoms with Gasteiger partial charge in [-0.15, -0.1) is 0 Å². The lowest BCUT2D eigenvalue weighted by Crippen LogP contribution is -2.45. The van der Waals surface area contributed by atoms with E-state index in [2.05, 4.69) is 10.6 Å². The Bertz CT molecular complexity index is 474. The predicted molar refractivity (Wildman–Crippen MR) is 71.4 cm³/mol. The van der Waals surface area contributed by atoms with E-state index in [9.17, 15) is 9.59 Å². The topological polar surface area (TPSA) is 87.7 Å². The number of benzene rings is 1. The Hall–Kier alpha value is -2.08. The van der Waals surface area contributed by atoms with Gasteiger partial charge in [-0.1, -0.05) is 6.07 Å². The average molecular weight is 266 g/mol. The molecule has 2 amide bonds. The first kappa shape index (κ1) is 15.0. The Balaban J connectivity index is 2.63. The van der Waals surface area contributed by atoms with E-state index in [1.165, 1.54) is 7.11 Å². The molecule has 3 N–H and O–H groups in total. The second-order valence-electron chi connectivity index (χ2n) is 4.24. The molecule has 0 bridgehead atoms. The summed E-state index contributed by atoms with van der Waals surface area (Å²) in [6.07, 6.45) is 0. The lowest BCUT2D eigenvalue weighted by Gasteiger charge is -2.14. The fourth-order valence-corrected chi connectivity index (χ4v) is 1.49. The number of anilines is 1. The van der Waals surface area contributed by atoms with Crippen LogP contribution in [0.15, 0.2) is 18.2 Å². The summed E-state index contributed by atoms with van der Waals surface area (Å²) in [5.41, 5.74) is 2.78. The highest BCUT2D eigenvalue weighted by molar-refractivity contribution is 5.92. The molecule has 1 aromatic carbocycles. The number of carboxylic acids is 1. The van der Waals surface area contributed by atoms with Crippen LogP contribution in [0.3, 0.4) is 0 Å². The molecule has 1 atom stereocenters. The summed E-state index contributed by atoms with van der Waals surface area (Å²) in [7, 11) is 1.37. The van der Waals surface area contributed by atoms with Crippen LogP contribution in [0.1, 0.15) is 11.1 Å². The molecule has 104 valence electrons. The minimum absolute atomic E-state index is 0.0876. The minimum atomic E-state index is -1.14. The summed E-state index contributed by atoms with van der Waals surface area (Å²) in [5, 5.41) is 13.8. The molecule has 6 nitrogen and oxygen atoms in total. The van der Waals surface area contributed by atoms with E-state index in [1.807, 2.05) is 26.0 Å². The van der Waals surface area contributed by atoms with Crippen molar-refractivity contribution in [1.29, 1.82) is 0 Å². The van der Waals surface area contributed by atoms with Gasteiger partial charge in [-0.25, -0.2) is 9.59 Å². The van der Waals surface area contributed by atoms with Gasteiger partial charge in [0, 0.05) is 12.8 Å². The van der Waals surface area contributed by atoms with Crippen molar-refractivity contribution in [3.05, 3.63) is 29.3 Å². The van der Waals surface area contributed by atoms with Gasteiger partial charge < -0.3 is 20.5 Å². The standard InChI is InChI=1S/C13H18N2O4/c1-8-4-5-10(6-9(8)2)14-13(18)15-11(7-19-3)12(16)17/h4-6,11H,7H2,1-3H3,(H,16,17)(H2,14,15,18). The van der Waals surface area contributed by atoms with Crippen LogP contribution in [0.5, 0.6) is 0 Å². The molecule has 0 heterocycles.